The van der Waals surface area contributed by atoms with E-state index in [0.717, 1.165) is 0 Å². The van der Waals surface area contributed by atoms with Gasteiger partial charge < -0.3 is 9.15 Å². The van der Waals surface area contributed by atoms with Crippen LogP contribution in [0, 0.1) is 5.95 Å². The van der Waals surface area contributed by atoms with E-state index in [4.69, 9.17) is 9.15 Å². The Morgan fingerprint density at radius 3 is 2.93 bits per heavy atom. The van der Waals surface area contributed by atoms with Crippen molar-refractivity contribution in [2.24, 2.45) is 0 Å². The molecular weight excluding hydrogens is 185 g/mol. The van der Waals surface area contributed by atoms with Gasteiger partial charge in [0.1, 0.15) is 12.4 Å². The smallest absolute Gasteiger partial charge is 0.216 e. The van der Waals surface area contributed by atoms with Gasteiger partial charge in [0.05, 0.1) is 6.26 Å². The molecule has 0 saturated heterocycles. The number of hydrogen-bond donors (Lipinski definition) is 0. The van der Waals surface area contributed by atoms with Crippen molar-refractivity contribution < 1.29 is 13.5 Å². The van der Waals surface area contributed by atoms with Crippen LogP contribution in [0.3, 0.4) is 0 Å². The van der Waals surface area contributed by atoms with Gasteiger partial charge in [-0.2, -0.15) is 9.37 Å². The number of hydrogen-bond acceptors (Lipinski definition) is 3. The topological polar surface area (TPSA) is 35.3 Å². The molecule has 0 aromatic carbocycles. The molecule has 2 heterocycles. The van der Waals surface area contributed by atoms with Crippen LogP contribution in [-0.4, -0.2) is 4.98 Å². The number of pyridine rings is 1. The number of nitrogens with zero attached hydrogens (tertiary/aromatic N) is 1. The second kappa shape index (κ2) is 3.91. The Labute approximate surface area is 80.1 Å². The van der Waals surface area contributed by atoms with Crippen molar-refractivity contribution in [3.63, 3.8) is 0 Å². The fourth-order valence-corrected chi connectivity index (χ4v) is 1.01. The Hall–Kier alpha value is -1.84. The molecule has 0 radical (unpaired) electrons. The van der Waals surface area contributed by atoms with E-state index in [9.17, 15) is 4.39 Å². The fraction of sp³-hybridized carbons (Fsp3) is 0.100. The summed E-state index contributed by atoms with van der Waals surface area (Å²) in [5.41, 5.74) is 0. The van der Waals surface area contributed by atoms with Crippen molar-refractivity contribution in [2.45, 2.75) is 6.61 Å². The lowest BCUT2D eigenvalue weighted by molar-refractivity contribution is 0.257. The predicted molar refractivity (Wildman–Crippen MR) is 47.2 cm³/mol. The van der Waals surface area contributed by atoms with Crippen LogP contribution in [0.25, 0.3) is 0 Å². The molecule has 4 heteroatoms. The van der Waals surface area contributed by atoms with Crippen LogP contribution in [-0.2, 0) is 6.61 Å². The molecule has 0 bridgehead atoms. The summed E-state index contributed by atoms with van der Waals surface area (Å²) in [6.45, 7) is 0.253. The highest BCUT2D eigenvalue weighted by atomic mass is 19.1. The second-order valence-corrected chi connectivity index (χ2v) is 2.67. The van der Waals surface area contributed by atoms with Crippen molar-refractivity contribution in [3.8, 4) is 5.88 Å². The van der Waals surface area contributed by atoms with Crippen LogP contribution in [0.15, 0.2) is 41.0 Å². The predicted octanol–water partition coefficient (Wildman–Crippen LogP) is 2.39. The zero-order chi connectivity index (χ0) is 9.80. The van der Waals surface area contributed by atoms with Crippen LogP contribution in [0.2, 0.25) is 0 Å². The zero-order valence-corrected chi connectivity index (χ0v) is 7.31. The molecule has 0 aliphatic rings. The average Bonchev–Trinajstić information content (AvgIpc) is 2.67. The highest BCUT2D eigenvalue weighted by Gasteiger charge is 1.99. The number of halogens is 1. The SMILES string of the molecule is Fc1cccc(OCc2ccco2)n1. The second-order valence-electron chi connectivity index (χ2n) is 2.67. The van der Waals surface area contributed by atoms with E-state index in [0.29, 0.717) is 5.76 Å². The molecule has 0 unspecified atom stereocenters. The first-order valence-electron chi connectivity index (χ1n) is 4.12. The molecule has 0 amide bonds. The third kappa shape index (κ3) is 2.10. The van der Waals surface area contributed by atoms with Crippen LogP contribution in [0.5, 0.6) is 5.88 Å². The molecule has 0 saturated carbocycles. The maximum absolute atomic E-state index is 12.6. The maximum Gasteiger partial charge on any atom is 0.216 e. The summed E-state index contributed by atoms with van der Waals surface area (Å²) in [5, 5.41) is 0. The lowest BCUT2D eigenvalue weighted by atomic mass is 10.4. The van der Waals surface area contributed by atoms with Gasteiger partial charge in [-0.25, -0.2) is 0 Å². The molecule has 0 N–H and O–H groups in total. The van der Waals surface area contributed by atoms with Gasteiger partial charge in [-0.05, 0) is 18.2 Å². The molecule has 2 aromatic rings. The Balaban J connectivity index is 1.98. The van der Waals surface area contributed by atoms with Gasteiger partial charge in [0.2, 0.25) is 11.8 Å². The largest absolute Gasteiger partial charge is 0.469 e. The molecular formula is C10H8FNO2. The number of aromatic nitrogens is 1. The number of furan rings is 1. The molecule has 2 rings (SSSR count). The third-order valence-corrected chi connectivity index (χ3v) is 1.63. The van der Waals surface area contributed by atoms with Crippen LogP contribution >= 0.6 is 0 Å². The molecule has 3 nitrogen and oxygen atoms in total. The highest BCUT2D eigenvalue weighted by molar-refractivity contribution is 5.10. The van der Waals surface area contributed by atoms with Crippen molar-refractivity contribution in [1.82, 2.24) is 4.98 Å². The summed E-state index contributed by atoms with van der Waals surface area (Å²) >= 11 is 0. The molecule has 14 heavy (non-hydrogen) atoms. The minimum absolute atomic E-state index is 0.251. The molecule has 2 aromatic heterocycles. The Bertz CT molecular complexity index is 400. The Morgan fingerprint density at radius 2 is 2.21 bits per heavy atom. The summed E-state index contributed by atoms with van der Waals surface area (Å²) in [4.78, 5) is 3.54. The monoisotopic (exact) mass is 193 g/mol. The van der Waals surface area contributed by atoms with Gasteiger partial charge >= 0.3 is 0 Å². The van der Waals surface area contributed by atoms with E-state index in [1.807, 2.05) is 0 Å². The fourth-order valence-electron chi connectivity index (χ4n) is 1.01. The molecule has 0 atom stereocenters. The molecule has 0 spiro atoms. The van der Waals surface area contributed by atoms with Crippen LogP contribution in [0.4, 0.5) is 4.39 Å². The van der Waals surface area contributed by atoms with Crippen molar-refractivity contribution in [2.75, 3.05) is 0 Å². The van der Waals surface area contributed by atoms with E-state index >= 15 is 0 Å². The minimum Gasteiger partial charge on any atom is -0.469 e. The summed E-state index contributed by atoms with van der Waals surface area (Å²) < 4.78 is 22.8. The minimum atomic E-state index is -0.554. The first kappa shape index (κ1) is 8.74. The highest BCUT2D eigenvalue weighted by Crippen LogP contribution is 2.09. The van der Waals surface area contributed by atoms with E-state index in [1.54, 1.807) is 30.5 Å². The summed E-state index contributed by atoms with van der Waals surface area (Å²) in [6, 6.07) is 7.93. The average molecular weight is 193 g/mol. The lowest BCUT2D eigenvalue weighted by Crippen LogP contribution is -1.96. The summed E-state index contributed by atoms with van der Waals surface area (Å²) in [6.07, 6.45) is 1.55. The third-order valence-electron chi connectivity index (χ3n) is 1.63. The van der Waals surface area contributed by atoms with Gasteiger partial charge in [-0.1, -0.05) is 6.07 Å². The Kier molecular flexibility index (Phi) is 2.44. The number of rotatable bonds is 3. The quantitative estimate of drug-likeness (QED) is 0.702. The standard InChI is InChI=1S/C10H8FNO2/c11-9-4-1-5-10(12-9)14-7-8-3-2-6-13-8/h1-6H,7H2. The maximum atomic E-state index is 12.6. The van der Waals surface area contributed by atoms with E-state index < -0.39 is 5.95 Å². The molecule has 0 fully saturated rings. The van der Waals surface area contributed by atoms with Gasteiger partial charge in [0.15, 0.2) is 0 Å². The van der Waals surface area contributed by atoms with Crippen LogP contribution < -0.4 is 4.74 Å². The molecule has 0 aliphatic heterocycles. The van der Waals surface area contributed by atoms with E-state index in [-0.39, 0.29) is 12.5 Å². The molecule has 0 aliphatic carbocycles. The normalized spacial score (nSPS) is 10.1. The molecule has 72 valence electrons. The zero-order valence-electron chi connectivity index (χ0n) is 7.31. The van der Waals surface area contributed by atoms with Gasteiger partial charge in [-0.3, -0.25) is 0 Å². The van der Waals surface area contributed by atoms with E-state index in [2.05, 4.69) is 4.98 Å². The first-order valence-corrected chi connectivity index (χ1v) is 4.12. The summed E-state index contributed by atoms with van der Waals surface area (Å²) in [7, 11) is 0. The summed E-state index contributed by atoms with van der Waals surface area (Å²) in [5.74, 6) is 0.374. The first-order chi connectivity index (χ1) is 6.84. The van der Waals surface area contributed by atoms with Crippen LogP contribution in [0.1, 0.15) is 5.76 Å². The van der Waals surface area contributed by atoms with Gasteiger partial charge in [-0.15, -0.1) is 0 Å². The van der Waals surface area contributed by atoms with Crippen molar-refractivity contribution in [1.29, 1.82) is 0 Å². The van der Waals surface area contributed by atoms with Crippen molar-refractivity contribution >= 4 is 0 Å². The van der Waals surface area contributed by atoms with E-state index in [1.165, 1.54) is 6.07 Å². The van der Waals surface area contributed by atoms with Gasteiger partial charge in [0.25, 0.3) is 0 Å². The number of ether oxygens (including phenoxy) is 1. The lowest BCUT2D eigenvalue weighted by Gasteiger charge is -2.01. The van der Waals surface area contributed by atoms with Gasteiger partial charge in [0, 0.05) is 6.07 Å². The Morgan fingerprint density at radius 1 is 1.29 bits per heavy atom. The van der Waals surface area contributed by atoms with Crippen molar-refractivity contribution in [3.05, 3.63) is 48.3 Å².